The SMILES string of the molecule is CC(C)(C)OC(=O)NCCCN1CCC2(CC1)CCN(c1ncnc3[nH]cc(Cl)c13)C2. The molecule has 4 rings (SSSR count). The number of piperidine rings is 1. The van der Waals surface area contributed by atoms with E-state index in [9.17, 15) is 4.79 Å². The van der Waals surface area contributed by atoms with Crippen molar-refractivity contribution in [2.24, 2.45) is 5.41 Å². The number of fused-ring (bicyclic) bond motifs is 1. The van der Waals surface area contributed by atoms with Crippen molar-refractivity contribution in [3.05, 3.63) is 17.5 Å². The quantitative estimate of drug-likeness (QED) is 0.676. The Labute approximate surface area is 188 Å². The fourth-order valence-electron chi connectivity index (χ4n) is 4.73. The zero-order valence-corrected chi connectivity index (χ0v) is 19.5. The van der Waals surface area contributed by atoms with Crippen molar-refractivity contribution < 1.29 is 9.53 Å². The van der Waals surface area contributed by atoms with Crippen LogP contribution in [0, 0.1) is 5.41 Å². The standard InChI is InChI=1S/C22H33ClN6O2/c1-21(2,3)31-20(30)24-8-4-9-28-10-5-22(6-11-28)7-12-29(14-22)19-17-16(23)13-25-18(17)26-15-27-19/h13,15H,4-12,14H2,1-3H3,(H,24,30)(H,25,26,27). The second-order valence-electron chi connectivity index (χ2n) is 9.85. The van der Waals surface area contributed by atoms with Crippen LogP contribution in [0.15, 0.2) is 12.5 Å². The summed E-state index contributed by atoms with van der Waals surface area (Å²) in [5, 5.41) is 4.46. The Hall–Kier alpha value is -2.06. The molecule has 0 bridgehead atoms. The van der Waals surface area contributed by atoms with E-state index in [0.29, 0.717) is 17.0 Å². The molecule has 2 aliphatic rings. The Morgan fingerprint density at radius 1 is 1.26 bits per heavy atom. The van der Waals surface area contributed by atoms with Gasteiger partial charge in [0.2, 0.25) is 0 Å². The van der Waals surface area contributed by atoms with E-state index in [4.69, 9.17) is 16.3 Å². The average Bonchev–Trinajstić information content (AvgIpc) is 3.30. The lowest BCUT2D eigenvalue weighted by Gasteiger charge is -2.39. The number of rotatable bonds is 5. The molecule has 9 heteroatoms. The van der Waals surface area contributed by atoms with E-state index in [2.05, 4.69) is 30.1 Å². The first-order chi connectivity index (χ1) is 14.7. The van der Waals surface area contributed by atoms with E-state index >= 15 is 0 Å². The van der Waals surface area contributed by atoms with Crippen molar-refractivity contribution in [2.75, 3.05) is 44.2 Å². The number of amides is 1. The minimum Gasteiger partial charge on any atom is -0.444 e. The third kappa shape index (κ3) is 5.23. The van der Waals surface area contributed by atoms with E-state index in [0.717, 1.165) is 56.0 Å². The molecule has 2 N–H and O–H groups in total. The number of carbonyl (C=O) groups is 1. The smallest absolute Gasteiger partial charge is 0.407 e. The number of alkyl carbamates (subject to hydrolysis) is 1. The van der Waals surface area contributed by atoms with Gasteiger partial charge in [-0.3, -0.25) is 0 Å². The molecule has 2 aromatic heterocycles. The van der Waals surface area contributed by atoms with Gasteiger partial charge in [-0.1, -0.05) is 11.6 Å². The number of nitrogens with zero attached hydrogens (tertiary/aromatic N) is 4. The van der Waals surface area contributed by atoms with Crippen LogP contribution in [-0.4, -0.2) is 70.8 Å². The minimum atomic E-state index is -0.454. The number of nitrogens with one attached hydrogen (secondary N) is 2. The van der Waals surface area contributed by atoms with Crippen molar-refractivity contribution in [3.8, 4) is 0 Å². The number of anilines is 1. The van der Waals surface area contributed by atoms with Gasteiger partial charge in [0.1, 0.15) is 23.4 Å². The van der Waals surface area contributed by atoms with E-state index in [1.54, 1.807) is 12.5 Å². The van der Waals surface area contributed by atoms with Gasteiger partial charge in [-0.05, 0) is 71.5 Å². The van der Waals surface area contributed by atoms with E-state index in [1.807, 2.05) is 20.8 Å². The monoisotopic (exact) mass is 448 g/mol. The molecule has 8 nitrogen and oxygen atoms in total. The first-order valence-corrected chi connectivity index (χ1v) is 11.5. The van der Waals surface area contributed by atoms with E-state index < -0.39 is 5.60 Å². The van der Waals surface area contributed by atoms with Crippen molar-refractivity contribution in [1.82, 2.24) is 25.2 Å². The number of likely N-dealkylation sites (tertiary alicyclic amines) is 1. The predicted octanol–water partition coefficient (Wildman–Crippen LogP) is 3.82. The van der Waals surface area contributed by atoms with Gasteiger partial charge < -0.3 is 24.8 Å². The van der Waals surface area contributed by atoms with Crippen molar-refractivity contribution in [3.63, 3.8) is 0 Å². The van der Waals surface area contributed by atoms with Crippen LogP contribution in [-0.2, 0) is 4.74 Å². The number of H-pyrrole nitrogens is 1. The highest BCUT2D eigenvalue weighted by molar-refractivity contribution is 6.36. The first-order valence-electron chi connectivity index (χ1n) is 11.2. The summed E-state index contributed by atoms with van der Waals surface area (Å²) in [6, 6.07) is 0. The molecular formula is C22H33ClN6O2. The molecule has 0 saturated carbocycles. The molecule has 1 spiro atoms. The number of aromatic amines is 1. The minimum absolute atomic E-state index is 0.336. The Morgan fingerprint density at radius 3 is 2.74 bits per heavy atom. The molecule has 1 amide bonds. The van der Waals surface area contributed by atoms with Crippen LogP contribution >= 0.6 is 11.6 Å². The second-order valence-corrected chi connectivity index (χ2v) is 10.3. The molecule has 2 aliphatic heterocycles. The van der Waals surface area contributed by atoms with Crippen LogP contribution in [0.5, 0.6) is 0 Å². The normalized spacial score (nSPS) is 19.3. The van der Waals surface area contributed by atoms with Gasteiger partial charge in [0.25, 0.3) is 0 Å². The summed E-state index contributed by atoms with van der Waals surface area (Å²) in [5.74, 6) is 0.948. The first kappa shape index (κ1) is 22.1. The molecule has 2 saturated heterocycles. The van der Waals surface area contributed by atoms with Gasteiger partial charge in [-0.2, -0.15) is 0 Å². The number of halogens is 1. The average molecular weight is 449 g/mol. The maximum atomic E-state index is 11.7. The topological polar surface area (TPSA) is 86.4 Å². The molecule has 2 fully saturated rings. The van der Waals surface area contributed by atoms with Crippen LogP contribution in [0.4, 0.5) is 10.6 Å². The number of ether oxygens (including phenoxy) is 1. The van der Waals surface area contributed by atoms with Crippen LogP contribution in [0.3, 0.4) is 0 Å². The van der Waals surface area contributed by atoms with Gasteiger partial charge in [0.05, 0.1) is 10.4 Å². The molecule has 0 aromatic carbocycles. The van der Waals surface area contributed by atoms with Crippen LogP contribution < -0.4 is 10.2 Å². The van der Waals surface area contributed by atoms with Crippen LogP contribution in [0.25, 0.3) is 11.0 Å². The summed E-state index contributed by atoms with van der Waals surface area (Å²) in [4.78, 5) is 28.6. The Kier molecular flexibility index (Phi) is 6.30. The van der Waals surface area contributed by atoms with Crippen molar-refractivity contribution in [1.29, 1.82) is 0 Å². The van der Waals surface area contributed by atoms with E-state index in [-0.39, 0.29) is 6.09 Å². The van der Waals surface area contributed by atoms with Gasteiger partial charge >= 0.3 is 6.09 Å². The largest absolute Gasteiger partial charge is 0.444 e. The Bertz CT molecular complexity index is 916. The second kappa shape index (κ2) is 8.82. The summed E-state index contributed by atoms with van der Waals surface area (Å²) in [7, 11) is 0. The number of carbonyl (C=O) groups excluding carboxylic acids is 1. The summed E-state index contributed by atoms with van der Waals surface area (Å²) in [6.45, 7) is 11.5. The number of hydrogen-bond donors (Lipinski definition) is 2. The zero-order valence-electron chi connectivity index (χ0n) is 18.7. The third-order valence-corrected chi connectivity index (χ3v) is 6.67. The maximum Gasteiger partial charge on any atom is 0.407 e. The third-order valence-electron chi connectivity index (χ3n) is 6.38. The molecule has 31 heavy (non-hydrogen) atoms. The lowest BCUT2D eigenvalue weighted by Crippen LogP contribution is -2.42. The van der Waals surface area contributed by atoms with Crippen molar-refractivity contribution >= 4 is 34.5 Å². The lowest BCUT2D eigenvalue weighted by atomic mass is 9.78. The molecule has 0 radical (unpaired) electrons. The Morgan fingerprint density at radius 2 is 2.00 bits per heavy atom. The van der Waals surface area contributed by atoms with Crippen molar-refractivity contribution in [2.45, 2.75) is 52.1 Å². The molecular weight excluding hydrogens is 416 g/mol. The fourth-order valence-corrected chi connectivity index (χ4v) is 4.96. The Balaban J connectivity index is 1.24. The summed E-state index contributed by atoms with van der Waals surface area (Å²) < 4.78 is 5.28. The molecule has 170 valence electrons. The molecule has 4 heterocycles. The van der Waals surface area contributed by atoms with Gasteiger partial charge in [0, 0.05) is 25.8 Å². The molecule has 0 aliphatic carbocycles. The van der Waals surface area contributed by atoms with E-state index in [1.165, 1.54) is 19.3 Å². The van der Waals surface area contributed by atoms with Gasteiger partial charge in [0.15, 0.2) is 0 Å². The highest BCUT2D eigenvalue weighted by Crippen LogP contribution is 2.43. The number of hydrogen-bond acceptors (Lipinski definition) is 6. The maximum absolute atomic E-state index is 11.7. The summed E-state index contributed by atoms with van der Waals surface area (Å²) >= 11 is 6.39. The van der Waals surface area contributed by atoms with Gasteiger partial charge in [-0.15, -0.1) is 0 Å². The lowest BCUT2D eigenvalue weighted by molar-refractivity contribution is 0.0523. The fraction of sp³-hybridized carbons (Fsp3) is 0.682. The highest BCUT2D eigenvalue weighted by Gasteiger charge is 2.41. The molecule has 2 aromatic rings. The molecule has 0 atom stereocenters. The summed E-state index contributed by atoms with van der Waals surface area (Å²) in [5.41, 5.74) is 0.696. The summed E-state index contributed by atoms with van der Waals surface area (Å²) in [6.07, 6.45) is 7.57. The zero-order chi connectivity index (χ0) is 22.1. The number of aromatic nitrogens is 3. The van der Waals surface area contributed by atoms with Crippen LogP contribution in [0.1, 0.15) is 46.5 Å². The van der Waals surface area contributed by atoms with Crippen LogP contribution in [0.2, 0.25) is 5.02 Å². The van der Waals surface area contributed by atoms with Gasteiger partial charge in [-0.25, -0.2) is 14.8 Å². The molecule has 0 unspecified atom stereocenters. The highest BCUT2D eigenvalue weighted by atomic mass is 35.5. The predicted molar refractivity (Wildman–Crippen MR) is 123 cm³/mol.